The van der Waals surface area contributed by atoms with Gasteiger partial charge in [-0.2, -0.15) is 0 Å². The molecule has 0 radical (unpaired) electrons. The van der Waals surface area contributed by atoms with Gasteiger partial charge in [0.25, 0.3) is 0 Å². The number of benzene rings is 1. The third-order valence-corrected chi connectivity index (χ3v) is 3.46. The quantitative estimate of drug-likeness (QED) is 0.354. The van der Waals surface area contributed by atoms with Crippen molar-refractivity contribution >= 4 is 11.0 Å². The van der Waals surface area contributed by atoms with Crippen molar-refractivity contribution in [3.05, 3.63) is 40.8 Å². The number of hydrogen-bond donors (Lipinski definition) is 0. The third kappa shape index (κ3) is 5.04. The van der Waals surface area contributed by atoms with Crippen molar-refractivity contribution in [2.45, 2.75) is 59.7 Å². The zero-order chi connectivity index (χ0) is 19.1. The molecule has 5 nitrogen and oxygen atoms in total. The van der Waals surface area contributed by atoms with Crippen molar-refractivity contribution in [1.82, 2.24) is 0 Å². The molecular formula is C21H28O5. The van der Waals surface area contributed by atoms with Crippen molar-refractivity contribution in [3.63, 3.8) is 0 Å². The SMILES string of the molecule is CCC=CCCOc1c(OC(C)C)c(=O)oc2c(OC(C)C)cccc12. The van der Waals surface area contributed by atoms with Crippen molar-refractivity contribution in [1.29, 1.82) is 0 Å². The number of fused-ring (bicyclic) bond motifs is 1. The van der Waals surface area contributed by atoms with E-state index < -0.39 is 5.63 Å². The Kier molecular flexibility index (Phi) is 7.13. The van der Waals surface area contributed by atoms with Gasteiger partial charge in [-0.3, -0.25) is 0 Å². The highest BCUT2D eigenvalue weighted by Crippen LogP contribution is 2.37. The zero-order valence-corrected chi connectivity index (χ0v) is 16.2. The zero-order valence-electron chi connectivity index (χ0n) is 16.2. The number of ether oxygens (including phenoxy) is 3. The summed E-state index contributed by atoms with van der Waals surface area (Å²) in [6, 6.07) is 5.47. The fourth-order valence-corrected chi connectivity index (χ4v) is 2.49. The number of hydrogen-bond acceptors (Lipinski definition) is 5. The first kappa shape index (κ1) is 19.9. The first-order valence-corrected chi connectivity index (χ1v) is 9.15. The Morgan fingerprint density at radius 3 is 2.42 bits per heavy atom. The normalized spacial score (nSPS) is 11.7. The molecule has 0 fully saturated rings. The van der Waals surface area contributed by atoms with Gasteiger partial charge in [0.15, 0.2) is 17.1 Å². The Labute approximate surface area is 154 Å². The van der Waals surface area contributed by atoms with E-state index in [0.717, 1.165) is 12.8 Å². The number of rotatable bonds is 9. The Bertz CT molecular complexity index is 802. The van der Waals surface area contributed by atoms with Gasteiger partial charge < -0.3 is 18.6 Å². The van der Waals surface area contributed by atoms with Gasteiger partial charge in [-0.05, 0) is 52.7 Å². The molecule has 0 unspecified atom stereocenters. The van der Waals surface area contributed by atoms with Crippen LogP contribution >= 0.6 is 0 Å². The molecule has 0 atom stereocenters. The van der Waals surface area contributed by atoms with Crippen LogP contribution in [0.2, 0.25) is 0 Å². The van der Waals surface area contributed by atoms with Crippen molar-refractivity contribution in [2.24, 2.45) is 0 Å². The molecular weight excluding hydrogens is 332 g/mol. The maximum atomic E-state index is 12.5. The molecule has 0 saturated carbocycles. The summed E-state index contributed by atoms with van der Waals surface area (Å²) in [4.78, 5) is 12.5. The van der Waals surface area contributed by atoms with Crippen LogP contribution in [0.1, 0.15) is 47.5 Å². The molecule has 2 aromatic rings. The molecule has 0 bridgehead atoms. The summed E-state index contributed by atoms with van der Waals surface area (Å²) in [5, 5.41) is 0.665. The van der Waals surface area contributed by atoms with Crippen LogP contribution in [0, 0.1) is 0 Å². The minimum atomic E-state index is -0.565. The van der Waals surface area contributed by atoms with E-state index in [0.29, 0.717) is 29.1 Å². The van der Waals surface area contributed by atoms with E-state index in [4.69, 9.17) is 18.6 Å². The molecule has 5 heteroatoms. The molecule has 0 aliphatic rings. The van der Waals surface area contributed by atoms with Crippen molar-refractivity contribution in [2.75, 3.05) is 6.61 Å². The van der Waals surface area contributed by atoms with Gasteiger partial charge in [-0.1, -0.05) is 25.1 Å². The summed E-state index contributed by atoms with van der Waals surface area (Å²) in [5.41, 5.74) is -0.188. The van der Waals surface area contributed by atoms with Gasteiger partial charge in [0.05, 0.1) is 24.2 Å². The predicted molar refractivity (Wildman–Crippen MR) is 104 cm³/mol. The van der Waals surface area contributed by atoms with Crippen LogP contribution in [-0.4, -0.2) is 18.8 Å². The lowest BCUT2D eigenvalue weighted by Crippen LogP contribution is -2.16. The van der Waals surface area contributed by atoms with E-state index in [9.17, 15) is 4.79 Å². The molecule has 142 valence electrons. The van der Waals surface area contributed by atoms with Gasteiger partial charge in [-0.25, -0.2) is 4.79 Å². The summed E-state index contributed by atoms with van der Waals surface area (Å²) >= 11 is 0. The van der Waals surface area contributed by atoms with Gasteiger partial charge in [0, 0.05) is 0 Å². The first-order chi connectivity index (χ1) is 12.4. The highest BCUT2D eigenvalue weighted by molar-refractivity contribution is 5.89. The Hall–Kier alpha value is -2.43. The van der Waals surface area contributed by atoms with Crippen LogP contribution in [0.4, 0.5) is 0 Å². The molecule has 2 rings (SSSR count). The molecule has 0 spiro atoms. The van der Waals surface area contributed by atoms with E-state index in [1.165, 1.54) is 0 Å². The van der Waals surface area contributed by atoms with Crippen LogP contribution in [0.5, 0.6) is 17.2 Å². The highest BCUT2D eigenvalue weighted by Gasteiger charge is 2.21. The van der Waals surface area contributed by atoms with Crippen LogP contribution in [-0.2, 0) is 0 Å². The minimum Gasteiger partial charge on any atom is -0.488 e. The molecule has 0 aliphatic carbocycles. The van der Waals surface area contributed by atoms with Crippen LogP contribution in [0.3, 0.4) is 0 Å². The van der Waals surface area contributed by atoms with Crippen LogP contribution < -0.4 is 19.8 Å². The fraction of sp³-hybridized carbons (Fsp3) is 0.476. The summed E-state index contributed by atoms with van der Waals surface area (Å²) in [7, 11) is 0. The van der Waals surface area contributed by atoms with E-state index >= 15 is 0 Å². The third-order valence-electron chi connectivity index (χ3n) is 3.46. The lowest BCUT2D eigenvalue weighted by Gasteiger charge is -2.17. The van der Waals surface area contributed by atoms with E-state index in [-0.39, 0.29) is 18.0 Å². The highest BCUT2D eigenvalue weighted by atomic mass is 16.5. The van der Waals surface area contributed by atoms with E-state index in [2.05, 4.69) is 19.1 Å². The maximum Gasteiger partial charge on any atom is 0.383 e. The number of allylic oxidation sites excluding steroid dienone is 1. The second-order valence-electron chi connectivity index (χ2n) is 6.53. The lowest BCUT2D eigenvalue weighted by molar-refractivity contribution is 0.211. The minimum absolute atomic E-state index is 0.0407. The van der Waals surface area contributed by atoms with Crippen molar-refractivity contribution in [3.8, 4) is 17.2 Å². The van der Waals surface area contributed by atoms with Crippen LogP contribution in [0.15, 0.2) is 39.6 Å². The topological polar surface area (TPSA) is 57.9 Å². The van der Waals surface area contributed by atoms with Gasteiger partial charge in [-0.15, -0.1) is 0 Å². The predicted octanol–water partition coefficient (Wildman–Crippen LogP) is 5.10. The lowest BCUT2D eigenvalue weighted by atomic mass is 10.2. The van der Waals surface area contributed by atoms with Gasteiger partial charge in [0.2, 0.25) is 5.75 Å². The second kappa shape index (κ2) is 9.32. The molecule has 0 N–H and O–H groups in total. The van der Waals surface area contributed by atoms with Crippen LogP contribution in [0.25, 0.3) is 11.0 Å². The molecule has 1 aromatic carbocycles. The molecule has 1 aromatic heterocycles. The monoisotopic (exact) mass is 360 g/mol. The molecule has 0 aliphatic heterocycles. The Morgan fingerprint density at radius 1 is 1.04 bits per heavy atom. The standard InChI is InChI=1S/C21H28O5/c1-6-7-8-9-13-23-19-16-11-10-12-17(24-14(2)3)18(16)26-21(22)20(19)25-15(4)5/h7-8,10-12,14-15H,6,9,13H2,1-5H3. The summed E-state index contributed by atoms with van der Waals surface area (Å²) < 4.78 is 22.9. The van der Waals surface area contributed by atoms with E-state index in [1.54, 1.807) is 6.07 Å². The average molecular weight is 360 g/mol. The largest absolute Gasteiger partial charge is 0.488 e. The summed E-state index contributed by atoms with van der Waals surface area (Å²) in [6.45, 7) is 10.1. The summed E-state index contributed by atoms with van der Waals surface area (Å²) in [5.74, 6) is 1.03. The second-order valence-corrected chi connectivity index (χ2v) is 6.53. The maximum absolute atomic E-state index is 12.5. The average Bonchev–Trinajstić information content (AvgIpc) is 2.57. The number of para-hydroxylation sites is 1. The smallest absolute Gasteiger partial charge is 0.383 e. The Balaban J connectivity index is 2.51. The molecule has 0 saturated heterocycles. The van der Waals surface area contributed by atoms with Crippen molar-refractivity contribution < 1.29 is 18.6 Å². The molecule has 0 amide bonds. The summed E-state index contributed by atoms with van der Waals surface area (Å²) in [6.07, 6.45) is 5.66. The molecule has 26 heavy (non-hydrogen) atoms. The van der Waals surface area contributed by atoms with Gasteiger partial charge in [0.1, 0.15) is 0 Å². The first-order valence-electron chi connectivity index (χ1n) is 9.15. The fourth-order valence-electron chi connectivity index (χ4n) is 2.49. The van der Waals surface area contributed by atoms with E-state index in [1.807, 2.05) is 39.8 Å². The Morgan fingerprint density at radius 2 is 1.77 bits per heavy atom. The molecule has 1 heterocycles. The van der Waals surface area contributed by atoms with Gasteiger partial charge >= 0.3 is 5.63 Å².